The van der Waals surface area contributed by atoms with E-state index in [1.54, 1.807) is 18.2 Å². The van der Waals surface area contributed by atoms with E-state index in [0.717, 1.165) is 10.8 Å². The number of benzene rings is 1. The fourth-order valence-electron chi connectivity index (χ4n) is 4.26. The number of nitrogens with one attached hydrogen (secondary N) is 1. The minimum atomic E-state index is -4.53. The Balaban J connectivity index is 2.40. The minimum absolute atomic E-state index is 0.00281. The smallest absolute Gasteiger partial charge is 0.330 e. The summed E-state index contributed by atoms with van der Waals surface area (Å²) in [5.41, 5.74) is -0.267. The van der Waals surface area contributed by atoms with Gasteiger partial charge in [-0.25, -0.2) is 13.2 Å². The van der Waals surface area contributed by atoms with Crippen LogP contribution >= 0.6 is 0 Å². The molecule has 5 atom stereocenters. The summed E-state index contributed by atoms with van der Waals surface area (Å²) < 4.78 is 60.4. The molecule has 0 spiro atoms. The Hall–Kier alpha value is -3.05. The first kappa shape index (κ1) is 28.5. The third kappa shape index (κ3) is 5.47. The van der Waals surface area contributed by atoms with Crippen molar-refractivity contribution in [1.82, 2.24) is 9.55 Å². The van der Waals surface area contributed by atoms with Crippen LogP contribution in [-0.2, 0) is 35.3 Å². The van der Waals surface area contributed by atoms with Crippen LogP contribution in [-0.4, -0.2) is 78.4 Å². The quantitative estimate of drug-likeness (QED) is 0.148. The fraction of sp³-hybridized carbons (Fsp3) is 0.500. The van der Waals surface area contributed by atoms with Gasteiger partial charge in [0.25, 0.3) is 15.7 Å². The lowest BCUT2D eigenvalue weighted by Gasteiger charge is -2.43. The average molecular weight is 560 g/mol. The number of aliphatic hydroxyl groups excluding tert-OH is 1. The van der Waals surface area contributed by atoms with E-state index in [4.69, 9.17) is 8.92 Å². The Bertz CT molecular complexity index is 1550. The highest BCUT2D eigenvalue weighted by molar-refractivity contribution is 7.91. The third-order valence-electron chi connectivity index (χ3n) is 6.03. The summed E-state index contributed by atoms with van der Waals surface area (Å²) in [5.74, 6) is 0. The maximum atomic E-state index is 12.7. The molecule has 17 heteroatoms. The monoisotopic (exact) mass is 559 g/mol. The maximum Gasteiger partial charge on any atom is 0.330 e. The highest BCUT2D eigenvalue weighted by Gasteiger charge is 2.71. The number of aromatic amines is 1. The molecule has 3 N–H and O–H groups in total. The predicted molar refractivity (Wildman–Crippen MR) is 129 cm³/mol. The van der Waals surface area contributed by atoms with E-state index in [9.17, 15) is 42.2 Å². The maximum absolute atomic E-state index is 12.7. The second-order valence-electron chi connectivity index (χ2n) is 8.76. The molecule has 2 heterocycles. The van der Waals surface area contributed by atoms with Crippen LogP contribution in [0.4, 0.5) is 0 Å². The molecule has 1 saturated heterocycles. The third-order valence-corrected chi connectivity index (χ3v) is 7.77. The van der Waals surface area contributed by atoms with Crippen LogP contribution in [0.25, 0.3) is 10.4 Å². The summed E-state index contributed by atoms with van der Waals surface area (Å²) in [5, 5.41) is 26.8. The number of aliphatic hydroxyl groups is 2. The highest BCUT2D eigenvalue weighted by Crippen LogP contribution is 2.51. The lowest BCUT2D eigenvalue weighted by Crippen LogP contribution is -2.67. The molecule has 202 valence electrons. The van der Waals surface area contributed by atoms with Gasteiger partial charge in [-0.3, -0.25) is 18.5 Å². The molecular weight excluding hydrogens is 534 g/mol. The molecule has 0 bridgehead atoms. The molecule has 1 aromatic carbocycles. The Labute approximate surface area is 211 Å². The average Bonchev–Trinajstić information content (AvgIpc) is 3.03. The lowest BCUT2D eigenvalue weighted by atomic mass is 9.75. The van der Waals surface area contributed by atoms with Gasteiger partial charge in [-0.2, -0.15) is 8.42 Å². The molecule has 0 amide bonds. The number of azide groups is 1. The van der Waals surface area contributed by atoms with Crippen molar-refractivity contribution in [1.29, 1.82) is 0 Å². The van der Waals surface area contributed by atoms with E-state index < -0.39 is 73.1 Å². The van der Waals surface area contributed by atoms with Crippen molar-refractivity contribution in [2.75, 3.05) is 19.1 Å². The summed E-state index contributed by atoms with van der Waals surface area (Å²) in [6.07, 6.45) is -0.0676. The molecule has 0 aliphatic carbocycles. The first-order valence-corrected chi connectivity index (χ1v) is 14.3. The fourth-order valence-corrected chi connectivity index (χ4v) is 5.67. The zero-order valence-electron chi connectivity index (χ0n) is 19.9. The van der Waals surface area contributed by atoms with Crippen molar-refractivity contribution in [3.8, 4) is 0 Å². The highest BCUT2D eigenvalue weighted by atomic mass is 32.2. The minimum Gasteiger partial charge on any atom is -0.386 e. The lowest BCUT2D eigenvalue weighted by molar-refractivity contribution is -0.191. The van der Waals surface area contributed by atoms with Gasteiger partial charge in [0.15, 0.2) is 27.1 Å². The first-order valence-electron chi connectivity index (χ1n) is 10.6. The number of hydrogen-bond donors (Lipinski definition) is 3. The standard InChI is InChI=1S/C20H25N5O10S2/c1-12-10-25(18(28)22-15(12)26)16-14(23-24-21)19(29,9-13-7-5-4-6-8-13)20(35-16,11-34-37(3,32)33)17(27)36(2,30)31/h4-8,10,14,16-17,27,29H,9,11H2,1-3H3,(H,22,26,28)/t14-,16-,17?,19+,20-/m1/s1. The molecule has 1 unspecified atom stereocenters. The molecule has 0 saturated carbocycles. The van der Waals surface area contributed by atoms with Gasteiger partial charge in [-0.15, -0.1) is 0 Å². The second-order valence-corrected chi connectivity index (χ2v) is 12.5. The molecule has 1 aliphatic rings. The number of ether oxygens (including phenoxy) is 1. The summed E-state index contributed by atoms with van der Waals surface area (Å²) in [6.45, 7) is 0.0995. The normalized spacial score (nSPS) is 26.9. The Kier molecular flexibility index (Phi) is 7.72. The van der Waals surface area contributed by atoms with Crippen molar-refractivity contribution in [2.24, 2.45) is 5.11 Å². The zero-order chi connectivity index (χ0) is 27.8. The number of aromatic nitrogens is 2. The number of hydrogen-bond acceptors (Lipinski definition) is 11. The Morgan fingerprint density at radius 1 is 1.24 bits per heavy atom. The topological polar surface area (TPSA) is 231 Å². The molecule has 37 heavy (non-hydrogen) atoms. The van der Waals surface area contributed by atoms with Crippen LogP contribution in [0.2, 0.25) is 0 Å². The van der Waals surface area contributed by atoms with Gasteiger partial charge in [-0.1, -0.05) is 35.4 Å². The van der Waals surface area contributed by atoms with Crippen LogP contribution < -0.4 is 11.2 Å². The molecular formula is C20H25N5O10S2. The van der Waals surface area contributed by atoms with E-state index in [1.807, 2.05) is 4.98 Å². The van der Waals surface area contributed by atoms with Crippen molar-refractivity contribution in [3.63, 3.8) is 0 Å². The van der Waals surface area contributed by atoms with Crippen molar-refractivity contribution < 1.29 is 36.0 Å². The van der Waals surface area contributed by atoms with E-state index in [0.29, 0.717) is 18.1 Å². The van der Waals surface area contributed by atoms with Crippen LogP contribution in [0, 0.1) is 6.92 Å². The predicted octanol–water partition coefficient (Wildman–Crippen LogP) is -0.895. The SMILES string of the molecule is Cc1cn([C@@H]2O[C@](COS(C)(=O)=O)(C(O)S(C)(=O)=O)[C@](O)(Cc3ccccc3)[C@@H]2N=[N+]=[N-])c(=O)[nH]c1=O. The summed E-state index contributed by atoms with van der Waals surface area (Å²) in [7, 11) is -8.83. The Morgan fingerprint density at radius 3 is 2.41 bits per heavy atom. The number of rotatable bonds is 9. The van der Waals surface area contributed by atoms with Gasteiger partial charge in [0.1, 0.15) is 18.2 Å². The van der Waals surface area contributed by atoms with E-state index >= 15 is 0 Å². The summed E-state index contributed by atoms with van der Waals surface area (Å²) in [6, 6.07) is 6.06. The van der Waals surface area contributed by atoms with Crippen LogP contribution in [0.3, 0.4) is 0 Å². The summed E-state index contributed by atoms with van der Waals surface area (Å²) in [4.78, 5) is 29.3. The zero-order valence-corrected chi connectivity index (χ0v) is 21.5. The molecule has 2 aromatic rings. The summed E-state index contributed by atoms with van der Waals surface area (Å²) >= 11 is 0. The first-order chi connectivity index (χ1) is 17.1. The van der Waals surface area contributed by atoms with E-state index in [-0.39, 0.29) is 5.56 Å². The van der Waals surface area contributed by atoms with Crippen molar-refractivity contribution in [3.05, 3.63) is 78.9 Å². The molecule has 15 nitrogen and oxygen atoms in total. The molecule has 1 aromatic heterocycles. The van der Waals surface area contributed by atoms with Gasteiger partial charge in [0, 0.05) is 29.3 Å². The van der Waals surface area contributed by atoms with Gasteiger partial charge in [0.05, 0.1) is 6.26 Å². The molecule has 0 radical (unpaired) electrons. The second kappa shape index (κ2) is 10.0. The Morgan fingerprint density at radius 2 is 1.86 bits per heavy atom. The van der Waals surface area contributed by atoms with Gasteiger partial charge in [0.2, 0.25) is 0 Å². The van der Waals surface area contributed by atoms with Gasteiger partial charge in [-0.05, 0) is 18.0 Å². The van der Waals surface area contributed by atoms with Gasteiger partial charge < -0.3 is 14.9 Å². The van der Waals surface area contributed by atoms with Crippen LogP contribution in [0.15, 0.2) is 51.2 Å². The number of aryl methyl sites for hydroxylation is 1. The molecule has 3 rings (SSSR count). The van der Waals surface area contributed by atoms with Gasteiger partial charge >= 0.3 is 5.69 Å². The number of H-pyrrole nitrogens is 1. The largest absolute Gasteiger partial charge is 0.386 e. The van der Waals surface area contributed by atoms with Crippen molar-refractivity contribution in [2.45, 2.75) is 42.3 Å². The van der Waals surface area contributed by atoms with E-state index in [1.165, 1.54) is 19.1 Å². The van der Waals surface area contributed by atoms with Crippen LogP contribution in [0.1, 0.15) is 17.4 Å². The number of nitrogens with zero attached hydrogens (tertiary/aromatic N) is 4. The number of sulfone groups is 1. The van der Waals surface area contributed by atoms with Crippen LogP contribution in [0.5, 0.6) is 0 Å². The molecule has 1 fully saturated rings. The molecule has 1 aliphatic heterocycles. The van der Waals surface area contributed by atoms with Crippen molar-refractivity contribution >= 4 is 20.0 Å². The van der Waals surface area contributed by atoms with E-state index in [2.05, 4.69) is 10.0 Å².